The van der Waals surface area contributed by atoms with Crippen LogP contribution in [0.25, 0.3) is 22.4 Å². The molecule has 2 heterocycles. The molecule has 0 bridgehead atoms. The van der Waals surface area contributed by atoms with Gasteiger partial charge in [0.2, 0.25) is 11.4 Å². The summed E-state index contributed by atoms with van der Waals surface area (Å²) in [5.74, 6) is -0.309. The molecular weight excluding hydrogens is 314 g/mol. The normalized spacial score (nSPS) is 10.7. The number of rotatable bonds is 3. The molecule has 0 atom stereocenters. The van der Waals surface area contributed by atoms with Crippen molar-refractivity contribution < 1.29 is 9.52 Å². The minimum absolute atomic E-state index is 0.0959. The van der Waals surface area contributed by atoms with Gasteiger partial charge in [0.25, 0.3) is 11.2 Å². The van der Waals surface area contributed by atoms with Crippen LogP contribution in [0.3, 0.4) is 0 Å². The highest BCUT2D eigenvalue weighted by molar-refractivity contribution is 6.11. The van der Waals surface area contributed by atoms with Crippen LogP contribution in [-0.2, 0) is 0 Å². The van der Waals surface area contributed by atoms with Gasteiger partial charge in [-0.05, 0) is 18.2 Å². The van der Waals surface area contributed by atoms with Gasteiger partial charge in [0, 0.05) is 23.4 Å². The second-order valence-electron chi connectivity index (χ2n) is 5.51. The zero-order valence-corrected chi connectivity index (χ0v) is 13.2. The van der Waals surface area contributed by atoms with E-state index in [2.05, 4.69) is 9.97 Å². The molecule has 0 fully saturated rings. The van der Waals surface area contributed by atoms with E-state index in [-0.39, 0.29) is 22.8 Å². The van der Waals surface area contributed by atoms with Crippen LogP contribution in [0.15, 0.2) is 79.0 Å². The monoisotopic (exact) mass is 327 g/mol. The number of aromatic nitrogens is 3. The number of carbonyl (C=O) groups excluding carboxylic acids is 1. The lowest BCUT2D eigenvalue weighted by atomic mass is 10.0. The van der Waals surface area contributed by atoms with Crippen LogP contribution in [0.4, 0.5) is 0 Å². The van der Waals surface area contributed by atoms with Crippen LogP contribution in [0.2, 0.25) is 0 Å². The maximum absolute atomic E-state index is 13.0. The summed E-state index contributed by atoms with van der Waals surface area (Å²) in [6.45, 7) is 0. The summed E-state index contributed by atoms with van der Waals surface area (Å²) in [6.07, 6.45) is 1.55. The van der Waals surface area contributed by atoms with Crippen LogP contribution >= 0.6 is 0 Å². The second kappa shape index (κ2) is 6.13. The van der Waals surface area contributed by atoms with Crippen LogP contribution in [-0.4, -0.2) is 15.8 Å². The van der Waals surface area contributed by atoms with Crippen LogP contribution < -0.4 is 4.73 Å². The average molecular weight is 327 g/mol. The van der Waals surface area contributed by atoms with Crippen LogP contribution in [0, 0.1) is 5.21 Å². The van der Waals surface area contributed by atoms with E-state index >= 15 is 0 Å². The number of fused-ring (bicyclic) bond motifs is 1. The lowest BCUT2D eigenvalue weighted by Crippen LogP contribution is -2.34. The fourth-order valence-corrected chi connectivity index (χ4v) is 2.74. The summed E-state index contributed by atoms with van der Waals surface area (Å²) in [4.78, 5) is 21.5. The van der Waals surface area contributed by atoms with Crippen LogP contribution in [0.5, 0.6) is 0 Å². The summed E-state index contributed by atoms with van der Waals surface area (Å²) in [6, 6.07) is 21.2. The SMILES string of the molecule is O=C(c1ccccc1)c1nc2ncccc2[n+]([O-])c1-c1ccccc1. The van der Waals surface area contributed by atoms with Gasteiger partial charge in [-0.15, -0.1) is 0 Å². The quantitative estimate of drug-likeness (QED) is 0.329. The van der Waals surface area contributed by atoms with E-state index in [9.17, 15) is 10.0 Å². The first-order chi connectivity index (χ1) is 12.3. The predicted molar refractivity (Wildman–Crippen MR) is 93.8 cm³/mol. The zero-order chi connectivity index (χ0) is 17.2. The van der Waals surface area contributed by atoms with E-state index in [1.165, 1.54) is 0 Å². The van der Waals surface area contributed by atoms with Gasteiger partial charge in [0.1, 0.15) is 0 Å². The molecule has 4 rings (SSSR count). The topological polar surface area (TPSA) is 69.8 Å². The lowest BCUT2D eigenvalue weighted by molar-refractivity contribution is -0.565. The van der Waals surface area contributed by atoms with Gasteiger partial charge in [-0.1, -0.05) is 48.5 Å². The Bertz CT molecular complexity index is 1060. The van der Waals surface area contributed by atoms with E-state index in [4.69, 9.17) is 0 Å². The first kappa shape index (κ1) is 15.0. The molecule has 0 aliphatic heterocycles. The fraction of sp³-hybridized carbons (Fsp3) is 0. The molecule has 4 aromatic rings. The number of pyridine rings is 1. The highest BCUT2D eigenvalue weighted by Gasteiger charge is 2.26. The maximum Gasteiger partial charge on any atom is 0.262 e. The molecule has 0 aliphatic carbocycles. The van der Waals surface area contributed by atoms with Crippen molar-refractivity contribution in [3.05, 3.63) is 95.5 Å². The Morgan fingerprint density at radius 2 is 1.56 bits per heavy atom. The van der Waals surface area contributed by atoms with Crippen molar-refractivity contribution in [2.75, 3.05) is 0 Å². The molecule has 0 N–H and O–H groups in total. The molecule has 0 aliphatic rings. The molecule has 5 nitrogen and oxygen atoms in total. The third kappa shape index (κ3) is 2.61. The molecule has 0 spiro atoms. The Hall–Kier alpha value is -3.60. The van der Waals surface area contributed by atoms with Gasteiger partial charge in [-0.2, -0.15) is 4.73 Å². The molecule has 5 heteroatoms. The maximum atomic E-state index is 13.0. The van der Waals surface area contributed by atoms with Crippen molar-refractivity contribution >= 4 is 16.9 Å². The van der Waals surface area contributed by atoms with E-state index in [0.717, 1.165) is 4.73 Å². The number of hydrogen-bond acceptors (Lipinski definition) is 4. The predicted octanol–water partition coefficient (Wildman–Crippen LogP) is 3.16. The molecule has 2 aromatic carbocycles. The summed E-state index contributed by atoms with van der Waals surface area (Å²) in [5.41, 5.74) is 2.01. The van der Waals surface area contributed by atoms with E-state index < -0.39 is 0 Å². The third-order valence-electron chi connectivity index (χ3n) is 3.93. The second-order valence-corrected chi connectivity index (χ2v) is 5.51. The number of hydrogen-bond donors (Lipinski definition) is 0. The Morgan fingerprint density at radius 3 is 2.28 bits per heavy atom. The van der Waals surface area contributed by atoms with Crippen molar-refractivity contribution in [2.45, 2.75) is 0 Å². The third-order valence-corrected chi connectivity index (χ3v) is 3.93. The first-order valence-corrected chi connectivity index (χ1v) is 7.79. The minimum atomic E-state index is -0.309. The number of benzene rings is 2. The van der Waals surface area contributed by atoms with Gasteiger partial charge in [0.05, 0.1) is 0 Å². The molecule has 0 radical (unpaired) electrons. The Balaban J connectivity index is 2.04. The summed E-state index contributed by atoms with van der Waals surface area (Å²) in [7, 11) is 0. The number of nitrogens with zero attached hydrogens (tertiary/aromatic N) is 3. The largest absolute Gasteiger partial charge is 0.618 e. The van der Waals surface area contributed by atoms with Crippen molar-refractivity contribution in [1.82, 2.24) is 9.97 Å². The summed E-state index contributed by atoms with van der Waals surface area (Å²) in [5, 5.41) is 13.0. The van der Waals surface area contributed by atoms with Crippen molar-refractivity contribution in [3.63, 3.8) is 0 Å². The molecule has 25 heavy (non-hydrogen) atoms. The van der Waals surface area contributed by atoms with E-state index in [0.29, 0.717) is 16.6 Å². The van der Waals surface area contributed by atoms with Crippen molar-refractivity contribution in [2.24, 2.45) is 0 Å². The molecule has 0 amide bonds. The average Bonchev–Trinajstić information content (AvgIpc) is 2.69. The van der Waals surface area contributed by atoms with Crippen LogP contribution in [0.1, 0.15) is 16.1 Å². The number of carbonyl (C=O) groups is 1. The Kier molecular flexibility index (Phi) is 3.67. The lowest BCUT2D eigenvalue weighted by Gasteiger charge is -2.11. The smallest absolute Gasteiger partial charge is 0.262 e. The van der Waals surface area contributed by atoms with E-state index in [1.807, 2.05) is 24.3 Å². The first-order valence-electron chi connectivity index (χ1n) is 7.79. The number of ketones is 1. The van der Waals surface area contributed by atoms with Gasteiger partial charge in [0.15, 0.2) is 5.69 Å². The highest BCUT2D eigenvalue weighted by atomic mass is 16.5. The Labute approximate surface area is 143 Å². The highest BCUT2D eigenvalue weighted by Crippen LogP contribution is 2.23. The fourth-order valence-electron chi connectivity index (χ4n) is 2.74. The molecule has 0 saturated carbocycles. The van der Waals surface area contributed by atoms with Gasteiger partial charge < -0.3 is 5.21 Å². The summed E-state index contributed by atoms with van der Waals surface area (Å²) < 4.78 is 0.737. The molecule has 0 unspecified atom stereocenters. The van der Waals surface area contributed by atoms with Crippen molar-refractivity contribution in [1.29, 1.82) is 0 Å². The standard InChI is InChI=1S/C20H13N3O2/c24-19(15-10-5-2-6-11-15)17-18(14-8-3-1-4-9-14)23(25)16-12-7-13-21-20(16)22-17/h1-13H. The summed E-state index contributed by atoms with van der Waals surface area (Å²) >= 11 is 0. The molecular formula is C20H13N3O2. The van der Waals surface area contributed by atoms with Gasteiger partial charge in [-0.25, -0.2) is 9.97 Å². The minimum Gasteiger partial charge on any atom is -0.618 e. The van der Waals surface area contributed by atoms with E-state index in [1.54, 1.807) is 54.7 Å². The zero-order valence-electron chi connectivity index (χ0n) is 13.2. The molecule has 2 aromatic heterocycles. The van der Waals surface area contributed by atoms with Gasteiger partial charge >= 0.3 is 0 Å². The van der Waals surface area contributed by atoms with Crippen molar-refractivity contribution in [3.8, 4) is 11.3 Å². The molecule has 120 valence electrons. The molecule has 0 saturated heterocycles. The van der Waals surface area contributed by atoms with Gasteiger partial charge in [-0.3, -0.25) is 4.79 Å². The Morgan fingerprint density at radius 1 is 0.880 bits per heavy atom.